The zero-order chi connectivity index (χ0) is 35.6. The van der Waals surface area contributed by atoms with Crippen LogP contribution in [0.1, 0.15) is 101 Å². The molecule has 0 unspecified atom stereocenters. The number of rotatable bonds is 26. The van der Waals surface area contributed by atoms with Gasteiger partial charge in [-0.15, -0.1) is 0 Å². The van der Waals surface area contributed by atoms with Crippen molar-refractivity contribution < 1.29 is 67.4 Å². The van der Waals surface area contributed by atoms with E-state index in [0.717, 1.165) is 19.3 Å². The zero-order valence-electron chi connectivity index (χ0n) is 28.0. The number of unbranched alkanes of at least 4 members (excludes halogenated alkanes) is 6. The fourth-order valence-corrected chi connectivity index (χ4v) is 4.08. The molecule has 0 spiro atoms. The highest BCUT2D eigenvalue weighted by atomic mass is 16.6. The smallest absolute Gasteiger partial charge is 0.344 e. The van der Waals surface area contributed by atoms with Gasteiger partial charge in [0.25, 0.3) is 0 Å². The van der Waals surface area contributed by atoms with E-state index in [-0.39, 0.29) is 43.3 Å². The van der Waals surface area contributed by atoms with Gasteiger partial charge in [0.1, 0.15) is 16.7 Å². The first kappa shape index (κ1) is 42.0. The summed E-state index contributed by atoms with van der Waals surface area (Å²) >= 11 is 0. The largest absolute Gasteiger partial charge is 0.466 e. The number of carbonyl (C=O) groups excluding carboxylic acids is 6. The molecule has 0 aliphatic carbocycles. The minimum atomic E-state index is -1.33. The van der Waals surface area contributed by atoms with E-state index < -0.39 is 61.7 Å². The summed E-state index contributed by atoms with van der Waals surface area (Å²) in [4.78, 5) is 72.4. The average molecular weight is 683 g/mol. The first-order valence-corrected chi connectivity index (χ1v) is 16.4. The number of benzene rings is 1. The molecule has 0 aromatic heterocycles. The van der Waals surface area contributed by atoms with Gasteiger partial charge in [-0.2, -0.15) is 0 Å². The second kappa shape index (κ2) is 25.0. The third kappa shape index (κ3) is 17.2. The summed E-state index contributed by atoms with van der Waals surface area (Å²) in [6, 6.07) is 5.81. The maximum absolute atomic E-state index is 12.5. The Balaban J connectivity index is 2.28. The Bertz CT molecular complexity index is 1140. The maximum atomic E-state index is 12.5. The number of esters is 6. The quantitative estimate of drug-likeness (QED) is 0.0622. The van der Waals surface area contributed by atoms with Gasteiger partial charge in [0.15, 0.2) is 13.2 Å². The first-order valence-electron chi connectivity index (χ1n) is 16.4. The topological polar surface area (TPSA) is 198 Å². The molecule has 0 saturated carbocycles. The van der Waals surface area contributed by atoms with Crippen LogP contribution in [0.15, 0.2) is 24.3 Å². The van der Waals surface area contributed by atoms with Crippen molar-refractivity contribution in [3.8, 4) is 5.75 Å². The van der Waals surface area contributed by atoms with Crippen LogP contribution in [0.5, 0.6) is 5.75 Å². The van der Waals surface area contributed by atoms with Gasteiger partial charge in [-0.05, 0) is 63.5 Å². The van der Waals surface area contributed by atoms with Gasteiger partial charge in [0.05, 0.1) is 33.0 Å². The predicted molar refractivity (Wildman–Crippen MR) is 170 cm³/mol. The van der Waals surface area contributed by atoms with Crippen LogP contribution in [0.2, 0.25) is 0 Å². The molecule has 1 aromatic rings. The molecule has 1 rings (SSSR count). The molecule has 0 saturated heterocycles. The molecule has 48 heavy (non-hydrogen) atoms. The summed E-state index contributed by atoms with van der Waals surface area (Å²) < 4.78 is 30.3. The number of hydrogen-bond donors (Lipinski definition) is 2. The summed E-state index contributed by atoms with van der Waals surface area (Å²) in [6.07, 6.45) is 6.62. The molecule has 14 heteroatoms. The standard InChI is InChI=1S/C34H50O14/c1-3-5-12-19-43-28(37)17-8-6-13-20-44-30(39)22-46-31(40)23-47-32(41)26-15-10-11-16-27(26)48-29(38)18-9-7-14-21-45-33(42)34(4-2,24-35)25-36/h10-11,15-16,35-36H,3-9,12-14,17-25H2,1-2H3. The lowest BCUT2D eigenvalue weighted by Crippen LogP contribution is -2.39. The lowest BCUT2D eigenvalue weighted by molar-refractivity contribution is -0.162. The Labute approximate surface area is 281 Å². The maximum Gasteiger partial charge on any atom is 0.344 e. The van der Waals surface area contributed by atoms with Crippen molar-refractivity contribution in [3.05, 3.63) is 29.8 Å². The van der Waals surface area contributed by atoms with E-state index in [4.69, 9.17) is 28.4 Å². The van der Waals surface area contributed by atoms with Gasteiger partial charge in [0, 0.05) is 12.8 Å². The van der Waals surface area contributed by atoms with Crippen LogP contribution in [-0.2, 0) is 47.7 Å². The summed E-state index contributed by atoms with van der Waals surface area (Å²) in [6.45, 7) is 1.82. The monoisotopic (exact) mass is 682 g/mol. The molecule has 0 aliphatic heterocycles. The van der Waals surface area contributed by atoms with Crippen molar-refractivity contribution in [3.63, 3.8) is 0 Å². The highest BCUT2D eigenvalue weighted by molar-refractivity contribution is 5.94. The first-order chi connectivity index (χ1) is 23.1. The van der Waals surface area contributed by atoms with Crippen LogP contribution in [0.4, 0.5) is 0 Å². The second-order valence-corrected chi connectivity index (χ2v) is 11.1. The van der Waals surface area contributed by atoms with E-state index in [1.807, 2.05) is 0 Å². The van der Waals surface area contributed by atoms with Crippen molar-refractivity contribution >= 4 is 35.8 Å². The van der Waals surface area contributed by atoms with Crippen LogP contribution < -0.4 is 4.74 Å². The fourth-order valence-electron chi connectivity index (χ4n) is 4.08. The van der Waals surface area contributed by atoms with Gasteiger partial charge in [-0.1, -0.05) is 38.8 Å². The van der Waals surface area contributed by atoms with Crippen molar-refractivity contribution in [2.75, 3.05) is 46.2 Å². The molecule has 0 heterocycles. The summed E-state index contributed by atoms with van der Waals surface area (Å²) in [5, 5.41) is 18.8. The molecule has 270 valence electrons. The summed E-state index contributed by atoms with van der Waals surface area (Å²) in [7, 11) is 0. The number of para-hydroxylation sites is 1. The Hall–Kier alpha value is -4.04. The minimum Gasteiger partial charge on any atom is -0.466 e. The zero-order valence-corrected chi connectivity index (χ0v) is 28.0. The van der Waals surface area contributed by atoms with Crippen LogP contribution in [0, 0.1) is 5.41 Å². The van der Waals surface area contributed by atoms with E-state index in [1.54, 1.807) is 13.0 Å². The normalized spacial score (nSPS) is 10.9. The van der Waals surface area contributed by atoms with E-state index in [0.29, 0.717) is 51.6 Å². The Kier molecular flexibility index (Phi) is 21.9. The van der Waals surface area contributed by atoms with Crippen LogP contribution in [0.3, 0.4) is 0 Å². The van der Waals surface area contributed by atoms with Crippen LogP contribution in [0.25, 0.3) is 0 Å². The Morgan fingerprint density at radius 1 is 0.604 bits per heavy atom. The van der Waals surface area contributed by atoms with Gasteiger partial charge in [0.2, 0.25) is 0 Å². The van der Waals surface area contributed by atoms with Crippen molar-refractivity contribution in [1.29, 1.82) is 0 Å². The summed E-state index contributed by atoms with van der Waals surface area (Å²) in [5.74, 6) is -4.30. The molecule has 0 bridgehead atoms. The van der Waals surface area contributed by atoms with Gasteiger partial charge < -0.3 is 38.6 Å². The van der Waals surface area contributed by atoms with E-state index in [1.165, 1.54) is 18.2 Å². The summed E-state index contributed by atoms with van der Waals surface area (Å²) in [5.41, 5.74) is -1.43. The fraction of sp³-hybridized carbons (Fsp3) is 0.647. The van der Waals surface area contributed by atoms with Crippen LogP contribution >= 0.6 is 0 Å². The number of carbonyl (C=O) groups is 6. The Morgan fingerprint density at radius 2 is 1.15 bits per heavy atom. The molecule has 0 aliphatic rings. The second-order valence-electron chi connectivity index (χ2n) is 11.1. The molecule has 14 nitrogen and oxygen atoms in total. The number of ether oxygens (including phenoxy) is 6. The highest BCUT2D eigenvalue weighted by Crippen LogP contribution is 2.23. The predicted octanol–water partition coefficient (Wildman–Crippen LogP) is 3.61. The molecule has 0 fully saturated rings. The van der Waals surface area contributed by atoms with Crippen molar-refractivity contribution in [1.82, 2.24) is 0 Å². The van der Waals surface area contributed by atoms with E-state index in [9.17, 15) is 39.0 Å². The Morgan fingerprint density at radius 3 is 1.77 bits per heavy atom. The molecule has 0 atom stereocenters. The van der Waals surface area contributed by atoms with Crippen molar-refractivity contribution in [2.24, 2.45) is 5.41 Å². The molecular formula is C34H50O14. The molecule has 2 N–H and O–H groups in total. The van der Waals surface area contributed by atoms with Gasteiger partial charge in [-0.3, -0.25) is 14.4 Å². The lowest BCUT2D eigenvalue weighted by Gasteiger charge is -2.25. The van der Waals surface area contributed by atoms with Crippen molar-refractivity contribution in [2.45, 2.75) is 90.9 Å². The molecule has 0 amide bonds. The molecule has 0 radical (unpaired) electrons. The number of aliphatic hydroxyl groups excluding tert-OH is 2. The SMILES string of the molecule is CCCCCOC(=O)CCCCCOC(=O)COC(=O)COC(=O)c1ccccc1OC(=O)CCCCCOC(=O)C(CC)(CO)CO. The molecular weight excluding hydrogens is 632 g/mol. The van der Waals surface area contributed by atoms with Gasteiger partial charge >= 0.3 is 35.8 Å². The highest BCUT2D eigenvalue weighted by Gasteiger charge is 2.37. The third-order valence-corrected chi connectivity index (χ3v) is 7.28. The van der Waals surface area contributed by atoms with Crippen LogP contribution in [-0.4, -0.2) is 92.3 Å². The number of aliphatic hydroxyl groups is 2. The molecule has 1 aromatic carbocycles. The van der Waals surface area contributed by atoms with E-state index in [2.05, 4.69) is 6.92 Å². The van der Waals surface area contributed by atoms with E-state index >= 15 is 0 Å². The van der Waals surface area contributed by atoms with Gasteiger partial charge in [-0.25, -0.2) is 14.4 Å². The lowest BCUT2D eigenvalue weighted by atomic mass is 9.87. The number of hydrogen-bond acceptors (Lipinski definition) is 14. The minimum absolute atomic E-state index is 0.0137. The third-order valence-electron chi connectivity index (χ3n) is 7.28. The average Bonchev–Trinajstić information content (AvgIpc) is 3.09.